The number of carbonyl (C=O) groups excluding carboxylic acids is 1. The predicted octanol–water partition coefficient (Wildman–Crippen LogP) is 2.07. The number of rotatable bonds is 2. The van der Waals surface area contributed by atoms with Crippen LogP contribution in [0.3, 0.4) is 0 Å². The maximum Gasteiger partial charge on any atom is 0.162 e. The lowest BCUT2D eigenvalue weighted by Crippen LogP contribution is -1.98. The second-order valence-electron chi connectivity index (χ2n) is 2.50. The second-order valence-corrected chi connectivity index (χ2v) is 2.50. The lowest BCUT2D eigenvalue weighted by Gasteiger charge is -2.02. The summed E-state index contributed by atoms with van der Waals surface area (Å²) in [6.07, 6.45) is 0. The maximum absolute atomic E-state index is 12.9. The number of halogens is 1. The van der Waals surface area contributed by atoms with Crippen molar-refractivity contribution >= 4 is 11.5 Å². The highest BCUT2D eigenvalue weighted by molar-refractivity contribution is 5.95. The first-order chi connectivity index (χ1) is 5.65. The molecule has 1 aromatic carbocycles. The number of nitrogens with one attached hydrogen (secondary N) is 1. The average molecular weight is 167 g/mol. The molecule has 1 rings (SSSR count). The summed E-state index contributed by atoms with van der Waals surface area (Å²) >= 11 is 0. The lowest BCUT2D eigenvalue weighted by atomic mass is 10.1. The molecule has 0 bridgehead atoms. The SMILES string of the molecule is CNc1ccc(F)c(C(C)=O)c1. The largest absolute Gasteiger partial charge is 0.388 e. The van der Waals surface area contributed by atoms with Gasteiger partial charge in [-0.05, 0) is 25.1 Å². The second kappa shape index (κ2) is 3.34. The van der Waals surface area contributed by atoms with Gasteiger partial charge in [0.15, 0.2) is 5.78 Å². The Kier molecular flexibility index (Phi) is 2.43. The number of benzene rings is 1. The number of ketones is 1. The van der Waals surface area contributed by atoms with Crippen LogP contribution in [0.25, 0.3) is 0 Å². The van der Waals surface area contributed by atoms with Crippen molar-refractivity contribution in [3.8, 4) is 0 Å². The molecule has 0 amide bonds. The average Bonchev–Trinajstić information content (AvgIpc) is 2.05. The van der Waals surface area contributed by atoms with Crippen molar-refractivity contribution in [3.63, 3.8) is 0 Å². The molecule has 0 saturated carbocycles. The minimum absolute atomic E-state index is 0.127. The molecule has 0 saturated heterocycles. The molecule has 2 nitrogen and oxygen atoms in total. The maximum atomic E-state index is 12.9. The minimum Gasteiger partial charge on any atom is -0.388 e. The molecule has 0 fully saturated rings. The molecule has 0 spiro atoms. The van der Waals surface area contributed by atoms with Crippen molar-refractivity contribution in [1.29, 1.82) is 0 Å². The van der Waals surface area contributed by atoms with Crippen LogP contribution in [0, 0.1) is 5.82 Å². The van der Waals surface area contributed by atoms with Gasteiger partial charge in [-0.2, -0.15) is 0 Å². The van der Waals surface area contributed by atoms with Gasteiger partial charge in [-0.15, -0.1) is 0 Å². The molecule has 3 heteroatoms. The Morgan fingerprint density at radius 3 is 2.67 bits per heavy atom. The molecule has 0 aliphatic rings. The predicted molar refractivity (Wildman–Crippen MR) is 46.0 cm³/mol. The van der Waals surface area contributed by atoms with Gasteiger partial charge in [0.25, 0.3) is 0 Å². The number of hydrogen-bond acceptors (Lipinski definition) is 2. The molecule has 0 atom stereocenters. The van der Waals surface area contributed by atoms with Crippen LogP contribution in [-0.2, 0) is 0 Å². The lowest BCUT2D eigenvalue weighted by molar-refractivity contribution is 0.101. The van der Waals surface area contributed by atoms with Gasteiger partial charge in [0.2, 0.25) is 0 Å². The summed E-state index contributed by atoms with van der Waals surface area (Å²) in [4.78, 5) is 10.9. The normalized spacial score (nSPS) is 9.58. The zero-order chi connectivity index (χ0) is 9.14. The van der Waals surface area contributed by atoms with Crippen molar-refractivity contribution in [2.75, 3.05) is 12.4 Å². The highest BCUT2D eigenvalue weighted by Crippen LogP contribution is 2.14. The van der Waals surface area contributed by atoms with Gasteiger partial charge in [-0.25, -0.2) is 4.39 Å². The highest BCUT2D eigenvalue weighted by atomic mass is 19.1. The first-order valence-electron chi connectivity index (χ1n) is 3.63. The third kappa shape index (κ3) is 1.61. The first kappa shape index (κ1) is 8.71. The van der Waals surface area contributed by atoms with Crippen LogP contribution >= 0.6 is 0 Å². The fraction of sp³-hybridized carbons (Fsp3) is 0.222. The van der Waals surface area contributed by atoms with E-state index in [4.69, 9.17) is 0 Å². The van der Waals surface area contributed by atoms with Gasteiger partial charge < -0.3 is 5.32 Å². The highest BCUT2D eigenvalue weighted by Gasteiger charge is 2.06. The van der Waals surface area contributed by atoms with E-state index in [0.29, 0.717) is 0 Å². The van der Waals surface area contributed by atoms with Crippen LogP contribution in [-0.4, -0.2) is 12.8 Å². The van der Waals surface area contributed by atoms with E-state index in [1.54, 1.807) is 13.1 Å². The Hall–Kier alpha value is -1.38. The van der Waals surface area contributed by atoms with Gasteiger partial charge in [0.1, 0.15) is 5.82 Å². The molecule has 1 aromatic rings. The topological polar surface area (TPSA) is 29.1 Å². The molecule has 0 aliphatic heterocycles. The summed E-state index contributed by atoms with van der Waals surface area (Å²) in [6.45, 7) is 1.35. The quantitative estimate of drug-likeness (QED) is 0.683. The molecule has 0 heterocycles. The van der Waals surface area contributed by atoms with Gasteiger partial charge in [0, 0.05) is 12.7 Å². The Morgan fingerprint density at radius 2 is 2.17 bits per heavy atom. The van der Waals surface area contributed by atoms with E-state index in [0.717, 1.165) is 5.69 Å². The summed E-state index contributed by atoms with van der Waals surface area (Å²) in [6, 6.07) is 4.36. The minimum atomic E-state index is -0.471. The molecule has 1 N–H and O–H groups in total. The van der Waals surface area contributed by atoms with Gasteiger partial charge >= 0.3 is 0 Å². The van der Waals surface area contributed by atoms with Crippen LogP contribution in [0.1, 0.15) is 17.3 Å². The summed E-state index contributed by atoms with van der Waals surface area (Å²) in [5, 5.41) is 2.83. The van der Waals surface area contributed by atoms with E-state index in [-0.39, 0.29) is 11.3 Å². The Bertz CT molecular complexity index is 309. The number of anilines is 1. The van der Waals surface area contributed by atoms with Crippen LogP contribution in [0.5, 0.6) is 0 Å². The molecule has 0 aromatic heterocycles. The van der Waals surface area contributed by atoms with Gasteiger partial charge in [0.05, 0.1) is 5.56 Å². The number of hydrogen-bond donors (Lipinski definition) is 1. The summed E-state index contributed by atoms with van der Waals surface area (Å²) < 4.78 is 12.9. The van der Waals surface area contributed by atoms with Crippen molar-refractivity contribution in [2.45, 2.75) is 6.92 Å². The number of carbonyl (C=O) groups is 1. The van der Waals surface area contributed by atoms with E-state index in [2.05, 4.69) is 5.32 Å². The molecule has 64 valence electrons. The molecule has 12 heavy (non-hydrogen) atoms. The van der Waals surface area contributed by atoms with Crippen molar-refractivity contribution in [1.82, 2.24) is 0 Å². The number of Topliss-reactive ketones (excluding diaryl/α,β-unsaturated/α-hetero) is 1. The smallest absolute Gasteiger partial charge is 0.162 e. The molecule has 0 aliphatic carbocycles. The van der Waals surface area contributed by atoms with Crippen molar-refractivity contribution < 1.29 is 9.18 Å². The van der Waals surface area contributed by atoms with Crippen LogP contribution in [0.2, 0.25) is 0 Å². The van der Waals surface area contributed by atoms with Crippen LogP contribution < -0.4 is 5.32 Å². The molecule has 0 radical (unpaired) electrons. The third-order valence-electron chi connectivity index (χ3n) is 1.63. The van der Waals surface area contributed by atoms with Gasteiger partial charge in [-0.1, -0.05) is 0 Å². The van der Waals surface area contributed by atoms with E-state index >= 15 is 0 Å². The standard InChI is InChI=1S/C9H10FNO/c1-6(12)8-5-7(11-2)3-4-9(8)10/h3-5,11H,1-2H3. The van der Waals surface area contributed by atoms with E-state index in [1.807, 2.05) is 0 Å². The van der Waals surface area contributed by atoms with Crippen molar-refractivity contribution in [2.24, 2.45) is 0 Å². The zero-order valence-corrected chi connectivity index (χ0v) is 7.02. The molecular formula is C9H10FNO. The summed E-state index contributed by atoms with van der Waals surface area (Å²) in [5.74, 6) is -0.730. The molecular weight excluding hydrogens is 157 g/mol. The van der Waals surface area contributed by atoms with E-state index in [1.165, 1.54) is 19.1 Å². The Balaban J connectivity index is 3.17. The van der Waals surface area contributed by atoms with E-state index in [9.17, 15) is 9.18 Å². The Labute approximate surface area is 70.4 Å². The van der Waals surface area contributed by atoms with Crippen LogP contribution in [0.4, 0.5) is 10.1 Å². The summed E-state index contributed by atoms with van der Waals surface area (Å²) in [7, 11) is 1.72. The third-order valence-corrected chi connectivity index (χ3v) is 1.63. The van der Waals surface area contributed by atoms with Gasteiger partial charge in [-0.3, -0.25) is 4.79 Å². The zero-order valence-electron chi connectivity index (χ0n) is 7.02. The first-order valence-corrected chi connectivity index (χ1v) is 3.63. The van der Waals surface area contributed by atoms with E-state index < -0.39 is 5.82 Å². The fourth-order valence-corrected chi connectivity index (χ4v) is 0.951. The van der Waals surface area contributed by atoms with Crippen LogP contribution in [0.15, 0.2) is 18.2 Å². The monoisotopic (exact) mass is 167 g/mol. The molecule has 0 unspecified atom stereocenters. The summed E-state index contributed by atoms with van der Waals surface area (Å²) in [5.41, 5.74) is 0.864. The van der Waals surface area contributed by atoms with Crippen molar-refractivity contribution in [3.05, 3.63) is 29.6 Å². The Morgan fingerprint density at radius 1 is 1.50 bits per heavy atom. The fourth-order valence-electron chi connectivity index (χ4n) is 0.951.